The monoisotopic (exact) mass is 339 g/mol. The average Bonchev–Trinajstić information content (AvgIpc) is 2.46. The molecule has 0 aliphatic heterocycles. The highest BCUT2D eigenvalue weighted by molar-refractivity contribution is 8.13. The lowest BCUT2D eigenvalue weighted by Crippen LogP contribution is -2.28. The van der Waals surface area contributed by atoms with Crippen molar-refractivity contribution < 1.29 is 13.2 Å². The van der Waals surface area contributed by atoms with Gasteiger partial charge in [-0.05, 0) is 42.8 Å². The molecule has 0 bridgehead atoms. The van der Waals surface area contributed by atoms with Gasteiger partial charge in [-0.25, -0.2) is 13.2 Å². The number of carbonyl (C=O) groups is 1. The molecule has 1 aromatic carbocycles. The summed E-state index contributed by atoms with van der Waals surface area (Å²) in [5.74, 6) is 0. The highest BCUT2D eigenvalue weighted by atomic mass is 35.7. The van der Waals surface area contributed by atoms with Gasteiger partial charge in [0.05, 0.1) is 4.90 Å². The SMILES string of the molecule is Cc1ccc(CNC(=O)Nc2ccc(S(=O)(=O)Cl)cc2)cn1. The summed E-state index contributed by atoms with van der Waals surface area (Å²) in [5, 5.41) is 5.27. The zero-order valence-corrected chi connectivity index (χ0v) is 13.3. The van der Waals surface area contributed by atoms with Crippen LogP contribution in [-0.2, 0) is 15.6 Å². The van der Waals surface area contributed by atoms with Crippen LogP contribution < -0.4 is 10.6 Å². The van der Waals surface area contributed by atoms with Crippen LogP contribution in [0.15, 0.2) is 47.5 Å². The first-order valence-electron chi connectivity index (χ1n) is 6.36. The largest absolute Gasteiger partial charge is 0.334 e. The summed E-state index contributed by atoms with van der Waals surface area (Å²) in [6.45, 7) is 2.22. The van der Waals surface area contributed by atoms with Crippen molar-refractivity contribution in [2.45, 2.75) is 18.4 Å². The Balaban J connectivity index is 1.90. The third kappa shape index (κ3) is 4.71. The number of amides is 2. The van der Waals surface area contributed by atoms with E-state index in [4.69, 9.17) is 10.7 Å². The highest BCUT2D eigenvalue weighted by Gasteiger charge is 2.09. The number of benzene rings is 1. The van der Waals surface area contributed by atoms with E-state index in [0.29, 0.717) is 12.2 Å². The molecule has 116 valence electrons. The third-order valence-corrected chi connectivity index (χ3v) is 4.19. The molecule has 0 saturated heterocycles. The molecule has 0 aliphatic carbocycles. The molecule has 2 N–H and O–H groups in total. The number of hydrogen-bond donors (Lipinski definition) is 2. The molecular weight excluding hydrogens is 326 g/mol. The molecule has 0 radical (unpaired) electrons. The molecule has 8 heteroatoms. The van der Waals surface area contributed by atoms with Gasteiger partial charge < -0.3 is 10.6 Å². The van der Waals surface area contributed by atoms with E-state index in [-0.39, 0.29) is 4.90 Å². The van der Waals surface area contributed by atoms with Crippen LogP contribution in [0.3, 0.4) is 0 Å². The van der Waals surface area contributed by atoms with Crippen molar-refractivity contribution in [2.75, 3.05) is 5.32 Å². The molecule has 0 spiro atoms. The lowest BCUT2D eigenvalue weighted by atomic mass is 10.2. The van der Waals surface area contributed by atoms with Gasteiger partial charge in [0.1, 0.15) is 0 Å². The summed E-state index contributed by atoms with van der Waals surface area (Å²) in [6, 6.07) is 8.90. The molecule has 2 aromatic rings. The molecule has 6 nitrogen and oxygen atoms in total. The fourth-order valence-electron chi connectivity index (χ4n) is 1.66. The quantitative estimate of drug-likeness (QED) is 0.838. The zero-order chi connectivity index (χ0) is 16.2. The van der Waals surface area contributed by atoms with E-state index in [1.54, 1.807) is 6.20 Å². The minimum Gasteiger partial charge on any atom is -0.334 e. The number of nitrogens with zero attached hydrogens (tertiary/aromatic N) is 1. The van der Waals surface area contributed by atoms with Crippen LogP contribution in [0.2, 0.25) is 0 Å². The normalized spacial score (nSPS) is 11.0. The number of aryl methyl sites for hydroxylation is 1. The number of pyridine rings is 1. The molecular formula is C14H14ClN3O3S. The first kappa shape index (κ1) is 16.3. The minimum atomic E-state index is -3.76. The molecule has 2 rings (SSSR count). The molecule has 0 atom stereocenters. The molecule has 0 unspecified atom stereocenters. The van der Waals surface area contributed by atoms with Crippen molar-refractivity contribution in [2.24, 2.45) is 0 Å². The zero-order valence-electron chi connectivity index (χ0n) is 11.7. The summed E-state index contributed by atoms with van der Waals surface area (Å²) in [4.78, 5) is 15.9. The Morgan fingerprint density at radius 3 is 2.41 bits per heavy atom. The van der Waals surface area contributed by atoms with Crippen molar-refractivity contribution in [1.82, 2.24) is 10.3 Å². The number of nitrogens with one attached hydrogen (secondary N) is 2. The average molecular weight is 340 g/mol. The Bertz CT molecular complexity index is 759. The van der Waals surface area contributed by atoms with Crippen molar-refractivity contribution in [1.29, 1.82) is 0 Å². The fraction of sp³-hybridized carbons (Fsp3) is 0.143. The number of urea groups is 1. The Morgan fingerprint density at radius 1 is 1.18 bits per heavy atom. The van der Waals surface area contributed by atoms with E-state index in [1.165, 1.54) is 24.3 Å². The van der Waals surface area contributed by atoms with E-state index in [1.807, 2.05) is 19.1 Å². The van der Waals surface area contributed by atoms with Crippen LogP contribution in [0.1, 0.15) is 11.3 Å². The molecule has 0 aliphatic rings. The maximum atomic E-state index is 11.7. The molecule has 2 amide bonds. The first-order valence-corrected chi connectivity index (χ1v) is 8.66. The van der Waals surface area contributed by atoms with Crippen LogP contribution >= 0.6 is 10.7 Å². The van der Waals surface area contributed by atoms with Crippen molar-refractivity contribution >= 4 is 31.5 Å². The fourth-order valence-corrected chi connectivity index (χ4v) is 2.43. The Kier molecular flexibility index (Phi) is 4.99. The second-order valence-corrected chi connectivity index (χ2v) is 7.14. The molecule has 1 aromatic heterocycles. The number of halogens is 1. The van der Waals surface area contributed by atoms with E-state index < -0.39 is 15.1 Å². The maximum Gasteiger partial charge on any atom is 0.319 e. The number of aromatic nitrogens is 1. The topological polar surface area (TPSA) is 88.2 Å². The highest BCUT2D eigenvalue weighted by Crippen LogP contribution is 2.17. The van der Waals surface area contributed by atoms with Crippen molar-refractivity contribution in [3.63, 3.8) is 0 Å². The van der Waals surface area contributed by atoms with Gasteiger partial charge in [-0.3, -0.25) is 4.98 Å². The number of anilines is 1. The molecule has 0 saturated carbocycles. The van der Waals surface area contributed by atoms with Gasteiger partial charge in [0, 0.05) is 34.8 Å². The predicted octanol–water partition coefficient (Wildman–Crippen LogP) is 2.64. The van der Waals surface area contributed by atoms with E-state index >= 15 is 0 Å². The van der Waals surface area contributed by atoms with E-state index in [0.717, 1.165) is 11.3 Å². The van der Waals surface area contributed by atoms with Gasteiger partial charge in [-0.1, -0.05) is 6.07 Å². The third-order valence-electron chi connectivity index (χ3n) is 2.82. The van der Waals surface area contributed by atoms with E-state index in [2.05, 4.69) is 15.6 Å². The number of carbonyl (C=O) groups excluding carboxylic acids is 1. The lowest BCUT2D eigenvalue weighted by Gasteiger charge is -2.08. The first-order chi connectivity index (χ1) is 10.3. The molecule has 22 heavy (non-hydrogen) atoms. The predicted molar refractivity (Wildman–Crippen MR) is 84.3 cm³/mol. The summed E-state index contributed by atoms with van der Waals surface area (Å²) < 4.78 is 22.2. The Hall–Kier alpha value is -2.12. The van der Waals surface area contributed by atoms with Crippen LogP contribution in [0, 0.1) is 6.92 Å². The van der Waals surface area contributed by atoms with Gasteiger partial charge in [0.25, 0.3) is 9.05 Å². The lowest BCUT2D eigenvalue weighted by molar-refractivity contribution is 0.251. The summed E-state index contributed by atoms with van der Waals surface area (Å²) in [5.41, 5.74) is 2.25. The van der Waals surface area contributed by atoms with Crippen LogP contribution in [-0.4, -0.2) is 19.4 Å². The summed E-state index contributed by atoms with van der Waals surface area (Å²) in [6.07, 6.45) is 1.69. The second-order valence-electron chi connectivity index (χ2n) is 4.58. The van der Waals surface area contributed by atoms with Crippen molar-refractivity contribution in [3.8, 4) is 0 Å². The Morgan fingerprint density at radius 2 is 1.86 bits per heavy atom. The minimum absolute atomic E-state index is 0.0224. The molecule has 0 fully saturated rings. The smallest absolute Gasteiger partial charge is 0.319 e. The van der Waals surface area contributed by atoms with Gasteiger partial charge in [0.2, 0.25) is 0 Å². The summed E-state index contributed by atoms with van der Waals surface area (Å²) in [7, 11) is 1.45. The summed E-state index contributed by atoms with van der Waals surface area (Å²) >= 11 is 0. The second kappa shape index (κ2) is 6.76. The van der Waals surface area contributed by atoms with Crippen molar-refractivity contribution in [3.05, 3.63) is 53.9 Å². The molecule has 1 heterocycles. The van der Waals surface area contributed by atoms with Crippen LogP contribution in [0.4, 0.5) is 10.5 Å². The standard InChI is InChI=1S/C14H14ClN3O3S/c1-10-2-3-11(8-16-10)9-17-14(19)18-12-4-6-13(7-5-12)22(15,20)21/h2-8H,9H2,1H3,(H2,17,18,19). The van der Waals surface area contributed by atoms with Gasteiger partial charge in [-0.15, -0.1) is 0 Å². The number of hydrogen-bond acceptors (Lipinski definition) is 4. The Labute approximate surface area is 132 Å². The van der Waals surface area contributed by atoms with Gasteiger partial charge >= 0.3 is 6.03 Å². The maximum absolute atomic E-state index is 11.7. The van der Waals surface area contributed by atoms with Crippen LogP contribution in [0.5, 0.6) is 0 Å². The van der Waals surface area contributed by atoms with E-state index in [9.17, 15) is 13.2 Å². The van der Waals surface area contributed by atoms with Gasteiger partial charge in [-0.2, -0.15) is 0 Å². The van der Waals surface area contributed by atoms with Gasteiger partial charge in [0.15, 0.2) is 0 Å². The number of rotatable bonds is 4. The van der Waals surface area contributed by atoms with Crippen LogP contribution in [0.25, 0.3) is 0 Å².